The van der Waals surface area contributed by atoms with E-state index >= 15 is 0 Å². The molecule has 138 heavy (non-hydrogen) atoms. The summed E-state index contributed by atoms with van der Waals surface area (Å²) in [5.74, 6) is -0.370. The normalized spacial score (nSPS) is 14.7. The summed E-state index contributed by atoms with van der Waals surface area (Å²) in [5, 5.41) is 4.70. The Hall–Kier alpha value is -16.1. The molecule has 23 rings (SSSR count). The fraction of sp³-hybridized carbons (Fsp3) is 0.113. The molecule has 1 atom stereocenters. The zero-order valence-electron chi connectivity index (χ0n) is 79.8. The minimum Gasteiger partial charge on any atom is -0.314 e. The van der Waals surface area contributed by atoms with Crippen LogP contribution in [0.5, 0.6) is 0 Å². The van der Waals surface area contributed by atoms with Crippen molar-refractivity contribution < 1.29 is 0 Å². The highest BCUT2D eigenvalue weighted by molar-refractivity contribution is 7.00. The van der Waals surface area contributed by atoms with E-state index in [1.54, 1.807) is 0 Å². The number of nitrogens with zero attached hydrogens (tertiary/aromatic N) is 4. The predicted octanol–water partition coefficient (Wildman–Crippen LogP) is 33.7. The first-order valence-electron chi connectivity index (χ1n) is 48.9. The van der Waals surface area contributed by atoms with E-state index < -0.39 is 12.1 Å². The molecule has 1 unspecified atom stereocenters. The Labute approximate surface area is 813 Å². The van der Waals surface area contributed by atoms with Crippen molar-refractivity contribution >= 4 is 84.2 Å². The van der Waals surface area contributed by atoms with Crippen molar-refractivity contribution in [3.8, 4) is 101 Å². The van der Waals surface area contributed by atoms with Crippen molar-refractivity contribution in [1.82, 2.24) is 9.13 Å². The molecule has 0 saturated heterocycles. The third-order valence-electron chi connectivity index (χ3n) is 28.7. The van der Waals surface area contributed by atoms with Gasteiger partial charge in [0.1, 0.15) is 0 Å². The molecule has 0 saturated carbocycles. The minimum atomic E-state index is -0.468. The molecule has 0 spiro atoms. The van der Waals surface area contributed by atoms with Crippen LogP contribution in [0.3, 0.4) is 0 Å². The van der Waals surface area contributed by atoms with Crippen LogP contribution < -0.4 is 26.2 Å². The fourth-order valence-electron chi connectivity index (χ4n) is 21.8. The lowest BCUT2D eigenvalue weighted by Gasteiger charge is -2.47. The average molecular weight is 1770 g/mol. The SMILES string of the molecule is CC(C)(C)C1=CC(c2cccc(C3C=CC=CC=C3)c2)=C(N2c3cc(-n4c(-c5ccccc5)c5ccccc5c4-c4ccccc4)ccc3B3c4ccc(-n5c(-c6ccccc6)c6ccccc6c5-c5ccccc5)cc4N(c4c(-c5cccc(-c6ccccc6)c5)cc(C(C)(C)C)cc4-c4cccc(-c5ccccc5)c4)c4cc(C(C)(C)C)cc2c43)C(c2cccc(C3=CCC=CC=C3)c2)C=C1. The lowest BCUT2D eigenvalue weighted by atomic mass is 9.33. The van der Waals surface area contributed by atoms with Gasteiger partial charge < -0.3 is 18.9 Å². The summed E-state index contributed by atoms with van der Waals surface area (Å²) in [6.45, 7) is 21.3. The molecule has 0 fully saturated rings. The molecule has 0 N–H and O–H groups in total. The highest BCUT2D eigenvalue weighted by Gasteiger charge is 2.48. The summed E-state index contributed by atoms with van der Waals surface area (Å²) >= 11 is 0. The van der Waals surface area contributed by atoms with Gasteiger partial charge >= 0.3 is 0 Å². The second-order valence-corrected chi connectivity index (χ2v) is 40.6. The highest BCUT2D eigenvalue weighted by Crippen LogP contribution is 2.57. The van der Waals surface area contributed by atoms with Gasteiger partial charge in [-0.1, -0.05) is 469 Å². The van der Waals surface area contributed by atoms with Gasteiger partial charge in [0.15, 0.2) is 0 Å². The molecule has 0 amide bonds. The van der Waals surface area contributed by atoms with Crippen molar-refractivity contribution in [1.29, 1.82) is 0 Å². The molecular formula is C133H109BN4. The van der Waals surface area contributed by atoms with Crippen LogP contribution in [0, 0.1) is 5.41 Å². The monoisotopic (exact) mass is 1770 g/mol. The van der Waals surface area contributed by atoms with Crippen LogP contribution >= 0.6 is 0 Å². The number of allylic oxidation sites excluding steroid dienone is 17. The third-order valence-corrected chi connectivity index (χ3v) is 28.7. The second kappa shape index (κ2) is 35.3. The third kappa shape index (κ3) is 15.7. The lowest BCUT2D eigenvalue weighted by Crippen LogP contribution is -2.62. The molecule has 664 valence electrons. The fourth-order valence-corrected chi connectivity index (χ4v) is 21.8. The molecule has 4 heterocycles. The Morgan fingerprint density at radius 1 is 0.290 bits per heavy atom. The highest BCUT2D eigenvalue weighted by atomic mass is 15.2. The van der Waals surface area contributed by atoms with Crippen LogP contribution in [-0.2, 0) is 10.8 Å². The maximum absolute atomic E-state index is 2.84. The number of benzene rings is 16. The van der Waals surface area contributed by atoms with E-state index in [9.17, 15) is 0 Å². The summed E-state index contributed by atoms with van der Waals surface area (Å²) < 4.78 is 5.21. The summed E-state index contributed by atoms with van der Waals surface area (Å²) in [6, 6.07) is 148. The van der Waals surface area contributed by atoms with Crippen LogP contribution in [-0.4, -0.2) is 15.8 Å². The standard InChI is InChI=1S/C133H109BN4/c1-131(2,3)105-72-75-110(101-64-40-60-97(78-101)89-44-20-10-11-21-45-89)129(115(82-105)102-65-41-61-98(79-102)90-46-22-12-13-23-47-90)137-120-87-108(135-125(93-52-28-16-29-53-93)111-68-36-37-69-112(111)126(135)94-54-30-17-31-55-94)73-76-118(120)134-119-77-74-109(136-127(95-56-32-18-33-57-95)113-70-38-39-71-114(113)128(136)96-58-34-19-35-59-96)88-121(119)138(123-86-107(133(7,8)9)85-122(137)124(123)134)130-116(103-66-42-62-99(80-103)91-48-24-14-25-49-91)83-106(132(4,5)6)84-117(130)104-67-43-63-100(81-104)92-50-26-15-27-51-92/h10-20,22-88,90,110H,21H2,1-9H3. The smallest absolute Gasteiger partial charge is 0.252 e. The zero-order valence-corrected chi connectivity index (χ0v) is 79.8. The molecule has 0 radical (unpaired) electrons. The van der Waals surface area contributed by atoms with Gasteiger partial charge in [0.25, 0.3) is 6.71 Å². The Kier molecular flexibility index (Phi) is 22.0. The summed E-state index contributed by atoms with van der Waals surface area (Å²) in [7, 11) is 0. The Balaban J connectivity index is 0.922. The van der Waals surface area contributed by atoms with Gasteiger partial charge in [-0.05, 0) is 206 Å². The molecule has 16 aromatic carbocycles. The van der Waals surface area contributed by atoms with Gasteiger partial charge in [-0.15, -0.1) is 0 Å². The van der Waals surface area contributed by atoms with E-state index in [2.05, 4.69) is 555 Å². The molecule has 2 aliphatic heterocycles. The number of aromatic nitrogens is 2. The molecule has 18 aromatic rings. The van der Waals surface area contributed by atoms with Crippen LogP contribution in [0.1, 0.15) is 114 Å². The van der Waals surface area contributed by atoms with Gasteiger partial charge in [0, 0.05) is 89.9 Å². The van der Waals surface area contributed by atoms with E-state index in [0.717, 1.165) is 153 Å². The molecule has 5 heteroatoms. The van der Waals surface area contributed by atoms with Gasteiger partial charge in [-0.2, -0.15) is 0 Å². The largest absolute Gasteiger partial charge is 0.314 e. The molecule has 5 aliphatic rings. The molecule has 2 aromatic heterocycles. The zero-order chi connectivity index (χ0) is 93.5. The minimum absolute atomic E-state index is 0.0120. The topological polar surface area (TPSA) is 16.3 Å². The van der Waals surface area contributed by atoms with Crippen molar-refractivity contribution in [3.63, 3.8) is 0 Å². The summed E-state index contributed by atoms with van der Waals surface area (Å²) in [6.07, 6.45) is 33.2. The van der Waals surface area contributed by atoms with Crippen LogP contribution in [0.25, 0.3) is 134 Å². The van der Waals surface area contributed by atoms with Crippen LogP contribution in [0.2, 0.25) is 0 Å². The van der Waals surface area contributed by atoms with Crippen molar-refractivity contribution in [3.05, 3.63) is 518 Å². The molecule has 4 nitrogen and oxygen atoms in total. The first kappa shape index (κ1) is 86.1. The van der Waals surface area contributed by atoms with Gasteiger partial charge in [-0.3, -0.25) is 0 Å². The first-order chi connectivity index (χ1) is 67.4. The van der Waals surface area contributed by atoms with Crippen molar-refractivity contribution in [2.24, 2.45) is 5.41 Å². The van der Waals surface area contributed by atoms with Crippen LogP contribution in [0.4, 0.5) is 28.4 Å². The summed E-state index contributed by atoms with van der Waals surface area (Å²) in [5.41, 5.74) is 39.9. The average Bonchev–Trinajstić information content (AvgIpc) is 0.823. The Morgan fingerprint density at radius 3 is 1.16 bits per heavy atom. The van der Waals surface area contributed by atoms with E-state index in [4.69, 9.17) is 0 Å². The van der Waals surface area contributed by atoms with Crippen molar-refractivity contribution in [2.75, 3.05) is 9.80 Å². The van der Waals surface area contributed by atoms with E-state index in [0.29, 0.717) is 0 Å². The maximum atomic E-state index is 2.84. The molecule has 3 aliphatic carbocycles. The van der Waals surface area contributed by atoms with Crippen LogP contribution in [0.15, 0.2) is 485 Å². The number of anilines is 5. The van der Waals surface area contributed by atoms with E-state index in [1.807, 2.05) is 0 Å². The lowest BCUT2D eigenvalue weighted by molar-refractivity contribution is 0.517. The number of fused-ring (bicyclic) bond motifs is 6. The van der Waals surface area contributed by atoms with Gasteiger partial charge in [0.05, 0.1) is 28.5 Å². The second-order valence-electron chi connectivity index (χ2n) is 40.6. The Bertz CT molecular complexity index is 7850. The first-order valence-corrected chi connectivity index (χ1v) is 48.9. The molecule has 0 bridgehead atoms. The Morgan fingerprint density at radius 2 is 0.688 bits per heavy atom. The molecular weight excluding hydrogens is 1660 g/mol. The summed E-state index contributed by atoms with van der Waals surface area (Å²) in [4.78, 5) is 5.64. The number of hydrogen-bond donors (Lipinski definition) is 0. The predicted molar refractivity (Wildman–Crippen MR) is 589 cm³/mol. The van der Waals surface area contributed by atoms with E-state index in [1.165, 1.54) is 76.9 Å². The van der Waals surface area contributed by atoms with E-state index in [-0.39, 0.29) is 22.7 Å². The quantitative estimate of drug-likeness (QED) is 0.0897. The van der Waals surface area contributed by atoms with Gasteiger partial charge in [0.2, 0.25) is 0 Å². The van der Waals surface area contributed by atoms with Gasteiger partial charge in [-0.25, -0.2) is 0 Å². The number of rotatable bonds is 16. The maximum Gasteiger partial charge on any atom is 0.252 e. The number of hydrogen-bond acceptors (Lipinski definition) is 2. The van der Waals surface area contributed by atoms with Crippen molar-refractivity contribution in [2.45, 2.75) is 91.4 Å².